The van der Waals surface area contributed by atoms with Crippen LogP contribution in [0.4, 0.5) is 18.9 Å². The Morgan fingerprint density at radius 2 is 1.32 bits per heavy atom. The summed E-state index contributed by atoms with van der Waals surface area (Å²) in [7, 11) is -3.05. The van der Waals surface area contributed by atoms with Gasteiger partial charge in [-0.25, -0.2) is 8.42 Å². The summed E-state index contributed by atoms with van der Waals surface area (Å²) in [5.74, 6) is 0. The van der Waals surface area contributed by atoms with Gasteiger partial charge in [0.15, 0.2) is 10.8 Å². The number of nitrogens with one attached hydrogen (secondary N) is 1. The van der Waals surface area contributed by atoms with Crippen LogP contribution in [0.1, 0.15) is 0 Å². The molecular formula is C13H10F3NO3S2. The predicted molar refractivity (Wildman–Crippen MR) is 78.7 cm³/mol. The molecule has 0 aliphatic carbocycles. The molecule has 0 bridgehead atoms. The first-order valence-corrected chi connectivity index (χ1v) is 8.09. The van der Waals surface area contributed by atoms with E-state index in [0.717, 1.165) is 12.1 Å². The fourth-order valence-electron chi connectivity index (χ4n) is 1.74. The minimum atomic E-state index is -4.78. The highest BCUT2D eigenvalue weighted by Crippen LogP contribution is 2.28. The summed E-state index contributed by atoms with van der Waals surface area (Å²) < 4.78 is 69.8. The minimum Gasteiger partial charge on any atom is -0.289 e. The first-order valence-electron chi connectivity index (χ1n) is 5.84. The van der Waals surface area contributed by atoms with E-state index in [9.17, 15) is 21.6 Å². The molecule has 0 aromatic heterocycles. The van der Waals surface area contributed by atoms with Gasteiger partial charge in [0.2, 0.25) is 0 Å². The lowest BCUT2D eigenvalue weighted by Crippen LogP contribution is -2.16. The lowest BCUT2D eigenvalue weighted by atomic mass is 10.1. The highest BCUT2D eigenvalue weighted by atomic mass is 32.2. The number of hydrogen-bond acceptors (Lipinski definition) is 2. The average molecular weight is 349 g/mol. The lowest BCUT2D eigenvalue weighted by molar-refractivity contribution is -0.0384. The standard InChI is InChI=1S/C13H10F3NO3S2/c14-13(15,16)21(18)12-7-3-10(4-8-12)9-1-5-11(6-2-9)17-22(19)20/h1-8,17H,(H,19,20). The smallest absolute Gasteiger partial charge is 0.289 e. The normalized spacial score (nSPS) is 14.4. The molecule has 2 rings (SSSR count). The van der Waals surface area contributed by atoms with Gasteiger partial charge >= 0.3 is 5.51 Å². The molecule has 9 heteroatoms. The monoisotopic (exact) mass is 349 g/mol. The van der Waals surface area contributed by atoms with Crippen molar-refractivity contribution in [3.05, 3.63) is 48.5 Å². The van der Waals surface area contributed by atoms with Crippen molar-refractivity contribution in [2.75, 3.05) is 4.72 Å². The number of alkyl halides is 3. The highest BCUT2D eigenvalue weighted by molar-refractivity contribution is 7.86. The van der Waals surface area contributed by atoms with Crippen LogP contribution in [0.15, 0.2) is 53.4 Å². The number of benzene rings is 2. The van der Waals surface area contributed by atoms with Crippen molar-refractivity contribution in [1.82, 2.24) is 0 Å². The largest absolute Gasteiger partial charge is 0.475 e. The summed E-state index contributed by atoms with van der Waals surface area (Å²) in [5, 5.41) is 0. The van der Waals surface area contributed by atoms with Gasteiger partial charge in [-0.1, -0.05) is 24.3 Å². The Bertz CT molecular complexity index is 700. The van der Waals surface area contributed by atoms with Crippen molar-refractivity contribution in [2.45, 2.75) is 10.4 Å². The fourth-order valence-corrected chi connectivity index (χ4v) is 2.72. The summed E-state index contributed by atoms with van der Waals surface area (Å²) in [6.07, 6.45) is 0. The SMILES string of the molecule is O=S(O)Nc1ccc(-c2ccc(S(=O)C(F)(F)F)cc2)cc1. The molecule has 0 radical (unpaired) electrons. The number of rotatable bonds is 4. The van der Waals surface area contributed by atoms with Gasteiger partial charge in [-0.2, -0.15) is 13.2 Å². The van der Waals surface area contributed by atoms with Gasteiger partial charge in [0.25, 0.3) is 11.3 Å². The lowest BCUT2D eigenvalue weighted by Gasteiger charge is -2.08. The zero-order valence-electron chi connectivity index (χ0n) is 10.8. The van der Waals surface area contributed by atoms with Crippen molar-refractivity contribution in [2.24, 2.45) is 0 Å². The molecule has 4 nitrogen and oxygen atoms in total. The van der Waals surface area contributed by atoms with E-state index in [-0.39, 0.29) is 4.90 Å². The van der Waals surface area contributed by atoms with Crippen LogP contribution in [0.3, 0.4) is 0 Å². The Balaban J connectivity index is 2.20. The molecule has 2 unspecified atom stereocenters. The molecule has 2 aromatic carbocycles. The van der Waals surface area contributed by atoms with Crippen LogP contribution in [0.2, 0.25) is 0 Å². The van der Waals surface area contributed by atoms with E-state index >= 15 is 0 Å². The Morgan fingerprint density at radius 1 is 0.864 bits per heavy atom. The molecule has 0 heterocycles. The molecule has 0 aliphatic heterocycles. The van der Waals surface area contributed by atoms with E-state index in [1.54, 1.807) is 24.3 Å². The second kappa shape index (κ2) is 6.59. The van der Waals surface area contributed by atoms with Crippen LogP contribution < -0.4 is 4.72 Å². The topological polar surface area (TPSA) is 66.4 Å². The summed E-state index contributed by atoms with van der Waals surface area (Å²) in [4.78, 5) is -0.315. The van der Waals surface area contributed by atoms with Gasteiger partial charge in [-0.15, -0.1) is 0 Å². The second-order valence-electron chi connectivity index (χ2n) is 4.17. The molecule has 0 saturated heterocycles. The molecule has 0 aliphatic rings. The van der Waals surface area contributed by atoms with Gasteiger partial charge in [0.1, 0.15) is 0 Å². The van der Waals surface area contributed by atoms with Crippen LogP contribution in [-0.2, 0) is 22.1 Å². The predicted octanol–water partition coefficient (Wildman–Crippen LogP) is 3.53. The van der Waals surface area contributed by atoms with Gasteiger partial charge in [0.05, 0.1) is 0 Å². The quantitative estimate of drug-likeness (QED) is 0.830. The zero-order valence-corrected chi connectivity index (χ0v) is 12.5. The Hall–Kier alpha value is -1.71. The highest BCUT2D eigenvalue weighted by Gasteiger charge is 2.37. The molecule has 22 heavy (non-hydrogen) atoms. The maximum atomic E-state index is 12.4. The van der Waals surface area contributed by atoms with Crippen LogP contribution in [0.25, 0.3) is 11.1 Å². The van der Waals surface area contributed by atoms with Crippen molar-refractivity contribution >= 4 is 27.8 Å². The Morgan fingerprint density at radius 3 is 1.73 bits per heavy atom. The summed E-state index contributed by atoms with van der Waals surface area (Å²) in [6.45, 7) is 0. The first-order chi connectivity index (χ1) is 10.3. The van der Waals surface area contributed by atoms with Crippen molar-refractivity contribution < 1.29 is 26.1 Å². The maximum Gasteiger partial charge on any atom is 0.475 e. The zero-order chi connectivity index (χ0) is 16.3. The molecule has 2 N–H and O–H groups in total. The molecule has 0 spiro atoms. The average Bonchev–Trinajstić information content (AvgIpc) is 2.46. The minimum absolute atomic E-state index is 0.315. The van der Waals surface area contributed by atoms with Crippen LogP contribution in [0, 0.1) is 0 Å². The third kappa shape index (κ3) is 4.15. The molecule has 118 valence electrons. The molecule has 0 saturated carbocycles. The molecular weight excluding hydrogens is 339 g/mol. The van der Waals surface area contributed by atoms with Gasteiger partial charge in [-0.3, -0.25) is 9.27 Å². The van der Waals surface area contributed by atoms with Crippen molar-refractivity contribution in [3.8, 4) is 11.1 Å². The van der Waals surface area contributed by atoms with E-state index in [4.69, 9.17) is 4.55 Å². The maximum absolute atomic E-state index is 12.4. The Kier molecular flexibility index (Phi) is 4.99. The van der Waals surface area contributed by atoms with E-state index < -0.39 is 27.6 Å². The van der Waals surface area contributed by atoms with Crippen LogP contribution in [0.5, 0.6) is 0 Å². The first kappa shape index (κ1) is 16.7. The van der Waals surface area contributed by atoms with Gasteiger partial charge < -0.3 is 0 Å². The number of anilines is 1. The molecule has 2 aromatic rings. The molecule has 2 atom stereocenters. The van der Waals surface area contributed by atoms with E-state index in [2.05, 4.69) is 4.72 Å². The van der Waals surface area contributed by atoms with Crippen LogP contribution in [-0.4, -0.2) is 18.5 Å². The summed E-state index contributed by atoms with van der Waals surface area (Å²) >= 11 is -2.17. The Labute approximate surface area is 129 Å². The second-order valence-corrected chi connectivity index (χ2v) is 6.34. The van der Waals surface area contributed by atoms with E-state index in [1.807, 2.05) is 0 Å². The number of halogens is 3. The third-order valence-electron chi connectivity index (χ3n) is 2.70. The summed E-state index contributed by atoms with van der Waals surface area (Å²) in [5.41, 5.74) is -3.01. The molecule has 0 amide bonds. The van der Waals surface area contributed by atoms with Gasteiger partial charge in [0, 0.05) is 10.6 Å². The summed E-state index contributed by atoms with van der Waals surface area (Å²) in [6, 6.07) is 11.6. The fraction of sp³-hybridized carbons (Fsp3) is 0.0769. The third-order valence-corrected chi connectivity index (χ3v) is 4.23. The van der Waals surface area contributed by atoms with Crippen molar-refractivity contribution in [1.29, 1.82) is 0 Å². The van der Waals surface area contributed by atoms with Crippen molar-refractivity contribution in [3.63, 3.8) is 0 Å². The van der Waals surface area contributed by atoms with E-state index in [1.165, 1.54) is 12.1 Å². The molecule has 0 fully saturated rings. The number of hydrogen-bond donors (Lipinski definition) is 2. The van der Waals surface area contributed by atoms with E-state index in [0.29, 0.717) is 16.8 Å². The van der Waals surface area contributed by atoms with Gasteiger partial charge in [-0.05, 0) is 35.4 Å². The van der Waals surface area contributed by atoms with Crippen LogP contribution >= 0.6 is 0 Å².